The standard InChI is InChI=1S/C15H13ClN2OS/c16-11-6-2-1-4-9(11)14-10-5-3-7-12(10)17-15-18(14)13(19)8-20-15/h1-2,4,6,14H,3,5,7-8H2. The number of fused-ring (bicyclic) bond motifs is 1. The maximum absolute atomic E-state index is 12.3. The predicted octanol–water partition coefficient (Wildman–Crippen LogP) is 3.76. The molecule has 1 amide bonds. The molecule has 0 spiro atoms. The first-order valence-electron chi connectivity index (χ1n) is 6.75. The molecule has 102 valence electrons. The van der Waals surface area contributed by atoms with Gasteiger partial charge in [0.05, 0.1) is 11.8 Å². The van der Waals surface area contributed by atoms with Gasteiger partial charge in [-0.05, 0) is 36.5 Å². The fourth-order valence-electron chi connectivity index (χ4n) is 3.18. The Hall–Kier alpha value is -1.26. The third-order valence-corrected chi connectivity index (χ3v) is 5.33. The quantitative estimate of drug-likeness (QED) is 0.791. The topological polar surface area (TPSA) is 32.7 Å². The fourth-order valence-corrected chi connectivity index (χ4v) is 4.33. The van der Waals surface area contributed by atoms with Gasteiger partial charge in [-0.15, -0.1) is 0 Å². The van der Waals surface area contributed by atoms with Crippen LogP contribution in [0.25, 0.3) is 0 Å². The second-order valence-electron chi connectivity index (χ2n) is 5.20. The summed E-state index contributed by atoms with van der Waals surface area (Å²) in [5.41, 5.74) is 3.47. The molecule has 1 aromatic carbocycles. The van der Waals surface area contributed by atoms with Crippen LogP contribution in [0, 0.1) is 0 Å². The number of hydrogen-bond donors (Lipinski definition) is 0. The minimum Gasteiger partial charge on any atom is -0.279 e. The lowest BCUT2D eigenvalue weighted by Crippen LogP contribution is -2.37. The van der Waals surface area contributed by atoms with E-state index in [-0.39, 0.29) is 11.9 Å². The van der Waals surface area contributed by atoms with Gasteiger partial charge < -0.3 is 0 Å². The van der Waals surface area contributed by atoms with Crippen molar-refractivity contribution in [3.63, 3.8) is 0 Å². The molecule has 1 fully saturated rings. The molecule has 0 radical (unpaired) electrons. The number of nitrogens with zero attached hydrogens (tertiary/aromatic N) is 2. The molecular weight excluding hydrogens is 292 g/mol. The van der Waals surface area contributed by atoms with Crippen LogP contribution in [0.4, 0.5) is 0 Å². The number of amidine groups is 1. The number of allylic oxidation sites excluding steroid dienone is 1. The van der Waals surface area contributed by atoms with Gasteiger partial charge >= 0.3 is 0 Å². The fraction of sp³-hybridized carbons (Fsp3) is 0.333. The van der Waals surface area contributed by atoms with Crippen molar-refractivity contribution in [3.05, 3.63) is 46.1 Å². The monoisotopic (exact) mass is 304 g/mol. The molecule has 3 aliphatic rings. The normalized spacial score (nSPS) is 24.9. The summed E-state index contributed by atoms with van der Waals surface area (Å²) in [4.78, 5) is 18.8. The van der Waals surface area contributed by atoms with E-state index in [1.807, 2.05) is 29.2 Å². The molecule has 0 bridgehead atoms. The summed E-state index contributed by atoms with van der Waals surface area (Å²) in [6.07, 6.45) is 3.15. The molecule has 1 aromatic rings. The Morgan fingerprint density at radius 1 is 1.30 bits per heavy atom. The summed E-state index contributed by atoms with van der Waals surface area (Å²) in [6, 6.07) is 7.78. The van der Waals surface area contributed by atoms with Crippen LogP contribution in [-0.4, -0.2) is 21.7 Å². The first-order chi connectivity index (χ1) is 9.75. The molecule has 3 nitrogen and oxygen atoms in total. The highest BCUT2D eigenvalue weighted by molar-refractivity contribution is 8.15. The Balaban J connectivity index is 1.89. The lowest BCUT2D eigenvalue weighted by Gasteiger charge is -2.33. The zero-order valence-corrected chi connectivity index (χ0v) is 12.4. The third-order valence-electron chi connectivity index (χ3n) is 4.05. The van der Waals surface area contributed by atoms with Crippen molar-refractivity contribution < 1.29 is 4.79 Å². The van der Waals surface area contributed by atoms with Crippen LogP contribution >= 0.6 is 23.4 Å². The Labute approximate surface area is 126 Å². The van der Waals surface area contributed by atoms with Gasteiger partial charge in [-0.1, -0.05) is 41.6 Å². The zero-order chi connectivity index (χ0) is 13.7. The van der Waals surface area contributed by atoms with Gasteiger partial charge in [0.2, 0.25) is 5.91 Å². The second kappa shape index (κ2) is 4.64. The first kappa shape index (κ1) is 12.5. The smallest absolute Gasteiger partial charge is 0.239 e. The zero-order valence-electron chi connectivity index (χ0n) is 10.8. The minimum absolute atomic E-state index is 0.0452. The Kier molecular flexibility index (Phi) is 2.89. The van der Waals surface area contributed by atoms with E-state index in [4.69, 9.17) is 11.6 Å². The number of thioether (sulfide) groups is 1. The number of amides is 1. The van der Waals surface area contributed by atoms with E-state index < -0.39 is 0 Å². The molecule has 1 atom stereocenters. The van der Waals surface area contributed by atoms with Crippen LogP contribution in [0.2, 0.25) is 5.02 Å². The molecule has 0 N–H and O–H groups in total. The van der Waals surface area contributed by atoms with Crippen molar-refractivity contribution in [2.24, 2.45) is 4.99 Å². The summed E-state index contributed by atoms with van der Waals surface area (Å²) < 4.78 is 0. The van der Waals surface area contributed by atoms with Crippen molar-refractivity contribution in [2.45, 2.75) is 25.3 Å². The van der Waals surface area contributed by atoms with Gasteiger partial charge in [-0.2, -0.15) is 0 Å². The van der Waals surface area contributed by atoms with Crippen LogP contribution in [-0.2, 0) is 4.79 Å². The number of halogens is 1. The molecule has 5 heteroatoms. The Bertz CT molecular complexity index is 668. The van der Waals surface area contributed by atoms with E-state index >= 15 is 0 Å². The van der Waals surface area contributed by atoms with Gasteiger partial charge in [0, 0.05) is 10.7 Å². The van der Waals surface area contributed by atoms with E-state index in [1.165, 1.54) is 23.0 Å². The van der Waals surface area contributed by atoms with E-state index in [0.717, 1.165) is 35.0 Å². The number of carbonyl (C=O) groups is 1. The molecule has 1 unspecified atom stereocenters. The molecule has 2 heterocycles. The Morgan fingerprint density at radius 3 is 3.00 bits per heavy atom. The summed E-state index contributed by atoms with van der Waals surface area (Å²) in [5, 5.41) is 1.57. The highest BCUT2D eigenvalue weighted by atomic mass is 35.5. The van der Waals surface area contributed by atoms with E-state index in [9.17, 15) is 4.79 Å². The van der Waals surface area contributed by atoms with Gasteiger partial charge in [-0.3, -0.25) is 9.69 Å². The molecular formula is C15H13ClN2OS. The van der Waals surface area contributed by atoms with E-state index in [0.29, 0.717) is 5.75 Å². The predicted molar refractivity (Wildman–Crippen MR) is 81.8 cm³/mol. The molecule has 0 aromatic heterocycles. The minimum atomic E-state index is -0.0452. The molecule has 20 heavy (non-hydrogen) atoms. The molecule has 4 rings (SSSR count). The maximum atomic E-state index is 12.3. The highest BCUT2D eigenvalue weighted by Crippen LogP contribution is 2.47. The van der Waals surface area contributed by atoms with Crippen molar-refractivity contribution in [3.8, 4) is 0 Å². The maximum Gasteiger partial charge on any atom is 0.239 e. The first-order valence-corrected chi connectivity index (χ1v) is 8.12. The van der Waals surface area contributed by atoms with Gasteiger partial charge in [0.15, 0.2) is 5.17 Å². The lowest BCUT2D eigenvalue weighted by molar-refractivity contribution is -0.125. The largest absolute Gasteiger partial charge is 0.279 e. The summed E-state index contributed by atoms with van der Waals surface area (Å²) in [6.45, 7) is 0. The second-order valence-corrected chi connectivity index (χ2v) is 6.55. The van der Waals surface area contributed by atoms with Gasteiger partial charge in [-0.25, -0.2) is 4.99 Å². The average Bonchev–Trinajstić information content (AvgIpc) is 3.05. The number of carbonyl (C=O) groups excluding carboxylic acids is 1. The summed E-state index contributed by atoms with van der Waals surface area (Å²) in [7, 11) is 0. The number of hydrogen-bond acceptors (Lipinski definition) is 3. The average molecular weight is 305 g/mol. The van der Waals surface area contributed by atoms with E-state index in [2.05, 4.69) is 4.99 Å². The van der Waals surface area contributed by atoms with Gasteiger partial charge in [0.25, 0.3) is 0 Å². The van der Waals surface area contributed by atoms with Gasteiger partial charge in [0.1, 0.15) is 0 Å². The van der Waals surface area contributed by atoms with Crippen LogP contribution in [0.1, 0.15) is 30.9 Å². The third kappa shape index (κ3) is 1.75. The van der Waals surface area contributed by atoms with Crippen molar-refractivity contribution in [2.75, 3.05) is 5.75 Å². The van der Waals surface area contributed by atoms with Crippen LogP contribution < -0.4 is 0 Å². The van der Waals surface area contributed by atoms with Crippen molar-refractivity contribution in [1.82, 2.24) is 4.90 Å². The van der Waals surface area contributed by atoms with Crippen molar-refractivity contribution >= 4 is 34.4 Å². The number of aliphatic imine (C=N–C) groups is 1. The number of rotatable bonds is 1. The SMILES string of the molecule is O=C1CSC2=NC3=C(CCC3)C(c3ccccc3Cl)N12. The lowest BCUT2D eigenvalue weighted by atomic mass is 9.95. The summed E-state index contributed by atoms with van der Waals surface area (Å²) >= 11 is 7.92. The summed E-state index contributed by atoms with van der Waals surface area (Å²) in [5.74, 6) is 0.623. The van der Waals surface area contributed by atoms with E-state index in [1.54, 1.807) is 0 Å². The molecule has 1 saturated heterocycles. The number of benzene rings is 1. The highest BCUT2D eigenvalue weighted by Gasteiger charge is 2.42. The molecule has 0 saturated carbocycles. The van der Waals surface area contributed by atoms with Crippen LogP contribution in [0.15, 0.2) is 40.5 Å². The molecule has 1 aliphatic carbocycles. The van der Waals surface area contributed by atoms with Crippen molar-refractivity contribution in [1.29, 1.82) is 0 Å². The Morgan fingerprint density at radius 2 is 2.15 bits per heavy atom. The van der Waals surface area contributed by atoms with Crippen LogP contribution in [0.3, 0.4) is 0 Å². The molecule has 2 aliphatic heterocycles. The van der Waals surface area contributed by atoms with Crippen LogP contribution in [0.5, 0.6) is 0 Å².